The first-order valence-electron chi connectivity index (χ1n) is 11.4. The highest BCUT2D eigenvalue weighted by molar-refractivity contribution is 7.13. The lowest BCUT2D eigenvalue weighted by Gasteiger charge is -2.34. The molecule has 0 saturated heterocycles. The van der Waals surface area contributed by atoms with Crippen molar-refractivity contribution in [1.29, 1.82) is 0 Å². The van der Waals surface area contributed by atoms with Crippen LogP contribution in [0.2, 0.25) is 0 Å². The number of carbonyl (C=O) groups is 3. The first-order valence-corrected chi connectivity index (χ1v) is 12.3. The molecule has 8 nitrogen and oxygen atoms in total. The third kappa shape index (κ3) is 5.19. The number of nitrogens with zero attached hydrogens (tertiary/aromatic N) is 3. The number of rotatable bonds is 7. The van der Waals surface area contributed by atoms with Crippen LogP contribution in [0, 0.1) is 0 Å². The monoisotopic (exact) mass is 471 g/mol. The Hall–Kier alpha value is -2.94. The number of hydrogen-bond acceptors (Lipinski definition) is 7. The number of aromatic nitrogens is 1. The van der Waals surface area contributed by atoms with E-state index in [-0.39, 0.29) is 30.8 Å². The summed E-state index contributed by atoms with van der Waals surface area (Å²) in [6.45, 7) is 3.44. The van der Waals surface area contributed by atoms with Crippen LogP contribution in [0.4, 0.5) is 10.8 Å². The maximum Gasteiger partial charge on any atom is 0.308 e. The summed E-state index contributed by atoms with van der Waals surface area (Å²) in [5.74, 6) is -0.388. The molecule has 4 rings (SSSR count). The van der Waals surface area contributed by atoms with E-state index < -0.39 is 18.2 Å². The maximum atomic E-state index is 13.3. The van der Waals surface area contributed by atoms with Crippen LogP contribution in [0.5, 0.6) is 5.75 Å². The summed E-state index contributed by atoms with van der Waals surface area (Å²) in [6, 6.07) is 7.30. The lowest BCUT2D eigenvalue weighted by molar-refractivity contribution is -0.154. The van der Waals surface area contributed by atoms with Gasteiger partial charge in [-0.25, -0.2) is 4.98 Å². The van der Waals surface area contributed by atoms with E-state index in [4.69, 9.17) is 9.47 Å². The molecule has 0 unspecified atom stereocenters. The molecule has 176 valence electrons. The third-order valence-electron chi connectivity index (χ3n) is 6.07. The van der Waals surface area contributed by atoms with Crippen LogP contribution in [0.3, 0.4) is 0 Å². The van der Waals surface area contributed by atoms with E-state index in [1.165, 1.54) is 17.8 Å². The molecular weight excluding hydrogens is 442 g/mol. The smallest absolute Gasteiger partial charge is 0.308 e. The average Bonchev–Trinajstić information content (AvgIpc) is 3.34. The van der Waals surface area contributed by atoms with E-state index >= 15 is 0 Å². The molecule has 2 atom stereocenters. The summed E-state index contributed by atoms with van der Waals surface area (Å²) in [5.41, 5.74) is 0.629. The van der Waals surface area contributed by atoms with Crippen molar-refractivity contribution in [3.05, 3.63) is 35.8 Å². The number of anilines is 2. The first kappa shape index (κ1) is 23.2. The Morgan fingerprint density at radius 1 is 1.27 bits per heavy atom. The zero-order valence-corrected chi connectivity index (χ0v) is 19.8. The van der Waals surface area contributed by atoms with Gasteiger partial charge in [-0.2, -0.15) is 0 Å². The standard InChI is InChI=1S/C24H29N3O5S/c1-16-22(29)26(19-10-6-7-11-20(19)31-16)14-12-21(28)32-17(2)23(30)27(24-25-13-15-33-24)18-8-4-3-5-9-18/h6-7,10-11,13,15-18H,3-5,8-9,12,14H2,1-2H3/t16-,17+/m0/s1. The summed E-state index contributed by atoms with van der Waals surface area (Å²) in [7, 11) is 0. The van der Waals surface area contributed by atoms with Gasteiger partial charge < -0.3 is 14.4 Å². The van der Waals surface area contributed by atoms with Crippen LogP contribution in [0.15, 0.2) is 35.8 Å². The Kier molecular flexibility index (Phi) is 7.27. The zero-order valence-electron chi connectivity index (χ0n) is 18.9. The number of ether oxygens (including phenoxy) is 2. The Morgan fingerprint density at radius 2 is 2.03 bits per heavy atom. The maximum absolute atomic E-state index is 13.3. The van der Waals surface area contributed by atoms with Crippen LogP contribution < -0.4 is 14.5 Å². The van der Waals surface area contributed by atoms with E-state index in [1.54, 1.807) is 42.0 Å². The number of para-hydroxylation sites is 2. The molecule has 33 heavy (non-hydrogen) atoms. The predicted octanol–water partition coefficient (Wildman–Crippen LogP) is 3.94. The van der Waals surface area contributed by atoms with Crippen molar-refractivity contribution in [3.63, 3.8) is 0 Å². The van der Waals surface area contributed by atoms with Gasteiger partial charge in [0, 0.05) is 24.2 Å². The summed E-state index contributed by atoms with van der Waals surface area (Å²) < 4.78 is 11.1. The van der Waals surface area contributed by atoms with Gasteiger partial charge in [0.05, 0.1) is 12.1 Å². The van der Waals surface area contributed by atoms with Crippen molar-refractivity contribution in [2.24, 2.45) is 0 Å². The van der Waals surface area contributed by atoms with E-state index in [0.717, 1.165) is 25.7 Å². The number of esters is 1. The van der Waals surface area contributed by atoms with Gasteiger partial charge in [0.15, 0.2) is 17.3 Å². The van der Waals surface area contributed by atoms with Crippen molar-refractivity contribution >= 4 is 39.9 Å². The van der Waals surface area contributed by atoms with Gasteiger partial charge in [0.1, 0.15) is 5.75 Å². The molecule has 2 aliphatic rings. The van der Waals surface area contributed by atoms with Gasteiger partial charge in [-0.1, -0.05) is 31.4 Å². The minimum absolute atomic E-state index is 0.0227. The minimum atomic E-state index is -0.935. The van der Waals surface area contributed by atoms with Crippen molar-refractivity contribution < 1.29 is 23.9 Å². The van der Waals surface area contributed by atoms with Crippen molar-refractivity contribution in [2.45, 2.75) is 70.6 Å². The van der Waals surface area contributed by atoms with Crippen LogP contribution >= 0.6 is 11.3 Å². The van der Waals surface area contributed by atoms with Crippen molar-refractivity contribution in [3.8, 4) is 5.75 Å². The highest BCUT2D eigenvalue weighted by Crippen LogP contribution is 2.34. The molecule has 0 bridgehead atoms. The zero-order chi connectivity index (χ0) is 23.4. The number of hydrogen-bond donors (Lipinski definition) is 0. The Bertz CT molecular complexity index is 990. The van der Waals surface area contributed by atoms with Gasteiger partial charge in [-0.3, -0.25) is 19.3 Å². The number of amides is 2. The quantitative estimate of drug-likeness (QED) is 0.568. The van der Waals surface area contributed by atoms with Crippen LogP contribution in [-0.2, 0) is 19.1 Å². The fourth-order valence-electron chi connectivity index (χ4n) is 4.40. The van der Waals surface area contributed by atoms with Gasteiger partial charge in [0.25, 0.3) is 11.8 Å². The predicted molar refractivity (Wildman–Crippen MR) is 126 cm³/mol. The van der Waals surface area contributed by atoms with Crippen LogP contribution in [0.1, 0.15) is 52.4 Å². The molecule has 2 aromatic rings. The molecule has 1 fully saturated rings. The summed E-state index contributed by atoms with van der Waals surface area (Å²) in [6.07, 6.45) is 5.24. The second-order valence-electron chi connectivity index (χ2n) is 8.41. The second kappa shape index (κ2) is 10.3. The third-order valence-corrected chi connectivity index (χ3v) is 6.84. The van der Waals surface area contributed by atoms with Gasteiger partial charge in [-0.05, 0) is 38.8 Å². The molecule has 1 aromatic heterocycles. The Morgan fingerprint density at radius 3 is 2.76 bits per heavy atom. The Labute approximate surface area is 197 Å². The largest absolute Gasteiger partial charge is 0.479 e. The SMILES string of the molecule is C[C@@H]1Oc2ccccc2N(CCC(=O)O[C@H](C)C(=O)N(c2nccs2)C2CCCCC2)C1=O. The fraction of sp³-hybridized carbons (Fsp3) is 0.500. The van der Waals surface area contributed by atoms with Crippen LogP contribution in [0.25, 0.3) is 0 Å². The summed E-state index contributed by atoms with van der Waals surface area (Å²) in [4.78, 5) is 46.1. The van der Waals surface area contributed by atoms with Gasteiger partial charge in [-0.15, -0.1) is 11.3 Å². The number of fused-ring (bicyclic) bond motifs is 1. The Balaban J connectivity index is 1.39. The number of thiazole rings is 1. The molecule has 1 aliphatic heterocycles. The first-order chi connectivity index (χ1) is 16.0. The molecular formula is C24H29N3O5S. The molecule has 0 radical (unpaired) electrons. The molecule has 0 N–H and O–H groups in total. The number of benzene rings is 1. The minimum Gasteiger partial charge on any atom is -0.479 e. The fourth-order valence-corrected chi connectivity index (χ4v) is 5.12. The molecule has 2 amide bonds. The lowest BCUT2D eigenvalue weighted by Crippen LogP contribution is -2.47. The molecule has 0 spiro atoms. The van der Waals surface area contributed by atoms with Crippen molar-refractivity contribution in [1.82, 2.24) is 4.98 Å². The normalized spacial score (nSPS) is 19.4. The van der Waals surface area contributed by atoms with E-state index in [0.29, 0.717) is 16.6 Å². The van der Waals surface area contributed by atoms with Crippen molar-refractivity contribution in [2.75, 3.05) is 16.3 Å². The van der Waals surface area contributed by atoms with E-state index in [2.05, 4.69) is 4.98 Å². The van der Waals surface area contributed by atoms with E-state index in [9.17, 15) is 14.4 Å². The van der Waals surface area contributed by atoms with Crippen LogP contribution in [-0.4, -0.2) is 47.6 Å². The molecule has 9 heteroatoms. The molecule has 1 aromatic carbocycles. The highest BCUT2D eigenvalue weighted by atomic mass is 32.1. The highest BCUT2D eigenvalue weighted by Gasteiger charge is 2.34. The molecule has 1 saturated carbocycles. The second-order valence-corrected chi connectivity index (χ2v) is 9.29. The summed E-state index contributed by atoms with van der Waals surface area (Å²) >= 11 is 1.41. The molecule has 2 heterocycles. The van der Waals surface area contributed by atoms with Gasteiger partial charge in [0.2, 0.25) is 0 Å². The summed E-state index contributed by atoms with van der Waals surface area (Å²) in [5, 5.41) is 2.48. The van der Waals surface area contributed by atoms with E-state index in [1.807, 2.05) is 17.5 Å². The lowest BCUT2D eigenvalue weighted by atomic mass is 9.94. The average molecular weight is 472 g/mol. The number of carbonyl (C=O) groups excluding carboxylic acids is 3. The molecule has 1 aliphatic carbocycles. The topological polar surface area (TPSA) is 89.0 Å². The van der Waals surface area contributed by atoms with Gasteiger partial charge >= 0.3 is 5.97 Å².